The Morgan fingerprint density at radius 3 is 1.57 bits per heavy atom. The smallest absolute Gasteiger partial charge is 0.119 e. The quantitative estimate of drug-likeness (QED) is 0.312. The summed E-state index contributed by atoms with van der Waals surface area (Å²) >= 11 is 0. The van der Waals surface area contributed by atoms with Gasteiger partial charge in [0.05, 0.1) is 6.61 Å². The van der Waals surface area contributed by atoms with Crippen molar-refractivity contribution in [2.75, 3.05) is 6.61 Å². The van der Waals surface area contributed by atoms with Crippen LogP contribution in [0.4, 0.5) is 0 Å². The van der Waals surface area contributed by atoms with Gasteiger partial charge in [0.2, 0.25) is 0 Å². The molecule has 30 heavy (non-hydrogen) atoms. The van der Waals surface area contributed by atoms with Gasteiger partial charge in [-0.25, -0.2) is 0 Å². The van der Waals surface area contributed by atoms with Crippen molar-refractivity contribution >= 4 is 0 Å². The molecule has 4 aromatic carbocycles. The van der Waals surface area contributed by atoms with E-state index in [0.717, 1.165) is 12.2 Å². The zero-order valence-corrected chi connectivity index (χ0v) is 17.7. The Hall–Kier alpha value is -3.32. The van der Waals surface area contributed by atoms with Crippen LogP contribution in [0.25, 0.3) is 22.3 Å². The van der Waals surface area contributed by atoms with E-state index >= 15 is 0 Å². The number of benzene rings is 4. The predicted octanol–water partition coefficient (Wildman–Crippen LogP) is 7.77. The van der Waals surface area contributed by atoms with Gasteiger partial charge in [-0.2, -0.15) is 0 Å². The van der Waals surface area contributed by atoms with Gasteiger partial charge >= 0.3 is 0 Å². The molecule has 1 unspecified atom stereocenters. The summed E-state index contributed by atoms with van der Waals surface area (Å²) in [7, 11) is 0. The highest BCUT2D eigenvalue weighted by Gasteiger charge is 2.07. The Kier molecular flexibility index (Phi) is 6.29. The summed E-state index contributed by atoms with van der Waals surface area (Å²) in [5.41, 5.74) is 7.69. The molecule has 0 amide bonds. The highest BCUT2D eigenvalue weighted by molar-refractivity contribution is 5.70. The molecule has 0 aliphatic rings. The fourth-order valence-electron chi connectivity index (χ4n) is 3.85. The summed E-state index contributed by atoms with van der Waals surface area (Å²) in [6.07, 6.45) is 1.06. The van der Waals surface area contributed by atoms with E-state index in [2.05, 4.69) is 97.9 Å². The number of hydrogen-bond donors (Lipinski definition) is 0. The minimum absolute atomic E-state index is 0.519. The normalized spacial score (nSPS) is 11.8. The summed E-state index contributed by atoms with van der Waals surface area (Å²) < 4.78 is 5.53. The molecule has 1 nitrogen and oxygen atoms in total. The zero-order valence-electron chi connectivity index (χ0n) is 17.7. The van der Waals surface area contributed by atoms with Gasteiger partial charge in [-0.15, -0.1) is 0 Å². The SMILES string of the molecule is CCOc1ccc(-c2ccc(-c3ccc(CC(C)c4ccccc4)cc3)cc2)cc1. The monoisotopic (exact) mass is 392 g/mol. The van der Waals surface area contributed by atoms with Crippen molar-refractivity contribution < 1.29 is 4.74 Å². The van der Waals surface area contributed by atoms with E-state index in [-0.39, 0.29) is 0 Å². The second-order valence-corrected chi connectivity index (χ2v) is 7.75. The maximum Gasteiger partial charge on any atom is 0.119 e. The minimum Gasteiger partial charge on any atom is -0.494 e. The molecule has 0 fully saturated rings. The summed E-state index contributed by atoms with van der Waals surface area (Å²) in [4.78, 5) is 0. The molecule has 0 saturated heterocycles. The van der Waals surface area contributed by atoms with Crippen LogP contribution in [0, 0.1) is 0 Å². The molecule has 0 heterocycles. The van der Waals surface area contributed by atoms with Crippen molar-refractivity contribution in [2.24, 2.45) is 0 Å². The Labute approximate surface area is 180 Å². The second kappa shape index (κ2) is 9.45. The third-order valence-corrected chi connectivity index (χ3v) is 5.58. The van der Waals surface area contributed by atoms with Gasteiger partial charge < -0.3 is 4.74 Å². The predicted molar refractivity (Wildman–Crippen MR) is 127 cm³/mol. The fourth-order valence-corrected chi connectivity index (χ4v) is 3.85. The van der Waals surface area contributed by atoms with Gasteiger partial charge in [-0.3, -0.25) is 0 Å². The highest BCUT2D eigenvalue weighted by atomic mass is 16.5. The summed E-state index contributed by atoms with van der Waals surface area (Å²) in [6.45, 7) is 4.99. The van der Waals surface area contributed by atoms with Gasteiger partial charge in [0.25, 0.3) is 0 Å². The van der Waals surface area contributed by atoms with Crippen LogP contribution in [0.15, 0.2) is 103 Å². The van der Waals surface area contributed by atoms with E-state index in [9.17, 15) is 0 Å². The van der Waals surface area contributed by atoms with Crippen LogP contribution in [-0.2, 0) is 6.42 Å². The van der Waals surface area contributed by atoms with Crippen LogP contribution in [0.1, 0.15) is 30.9 Å². The lowest BCUT2D eigenvalue weighted by molar-refractivity contribution is 0.340. The lowest BCUT2D eigenvalue weighted by Gasteiger charge is -2.12. The van der Waals surface area contributed by atoms with E-state index < -0.39 is 0 Å². The molecule has 0 bridgehead atoms. The number of ether oxygens (including phenoxy) is 1. The Bertz CT molecular complexity index is 1050. The van der Waals surface area contributed by atoms with Crippen LogP contribution in [-0.4, -0.2) is 6.61 Å². The average molecular weight is 393 g/mol. The molecular weight excluding hydrogens is 364 g/mol. The van der Waals surface area contributed by atoms with E-state index in [4.69, 9.17) is 4.74 Å². The molecule has 1 heteroatoms. The first kappa shape index (κ1) is 20.0. The number of hydrogen-bond acceptors (Lipinski definition) is 1. The molecule has 1 atom stereocenters. The van der Waals surface area contributed by atoms with Crippen LogP contribution in [0.3, 0.4) is 0 Å². The molecule has 0 aliphatic carbocycles. The van der Waals surface area contributed by atoms with Crippen LogP contribution in [0.5, 0.6) is 5.75 Å². The van der Waals surface area contributed by atoms with Gasteiger partial charge in [-0.05, 0) is 64.8 Å². The molecule has 0 saturated carbocycles. The molecule has 0 radical (unpaired) electrons. The number of rotatable bonds is 7. The topological polar surface area (TPSA) is 9.23 Å². The molecule has 4 aromatic rings. The zero-order chi connectivity index (χ0) is 20.8. The molecule has 0 spiro atoms. The van der Waals surface area contributed by atoms with Crippen molar-refractivity contribution in [2.45, 2.75) is 26.2 Å². The molecule has 4 rings (SSSR count). The maximum absolute atomic E-state index is 5.53. The third kappa shape index (κ3) is 4.80. The highest BCUT2D eigenvalue weighted by Crippen LogP contribution is 2.27. The Morgan fingerprint density at radius 1 is 0.600 bits per heavy atom. The van der Waals surface area contributed by atoms with Crippen molar-refractivity contribution in [3.05, 3.63) is 114 Å². The first-order valence-electron chi connectivity index (χ1n) is 10.7. The standard InChI is InChI=1S/C29H28O/c1-3-30-29-19-17-28(18-20-29)27-15-13-26(14-16-27)25-11-9-23(10-12-25)21-22(2)24-7-5-4-6-8-24/h4-20,22H,3,21H2,1-2H3. The van der Waals surface area contributed by atoms with E-state index in [0.29, 0.717) is 12.5 Å². The lowest BCUT2D eigenvalue weighted by atomic mass is 9.92. The molecule has 0 aromatic heterocycles. The summed E-state index contributed by atoms with van der Waals surface area (Å²) in [6, 6.07) is 36.8. The molecule has 150 valence electrons. The van der Waals surface area contributed by atoms with Crippen LogP contribution >= 0.6 is 0 Å². The van der Waals surface area contributed by atoms with E-state index in [1.165, 1.54) is 33.4 Å². The largest absolute Gasteiger partial charge is 0.494 e. The molecule has 0 N–H and O–H groups in total. The van der Waals surface area contributed by atoms with Crippen LogP contribution < -0.4 is 4.74 Å². The van der Waals surface area contributed by atoms with Gasteiger partial charge in [-0.1, -0.05) is 97.9 Å². The van der Waals surface area contributed by atoms with Crippen molar-refractivity contribution in [1.82, 2.24) is 0 Å². The first-order valence-corrected chi connectivity index (χ1v) is 10.7. The fraction of sp³-hybridized carbons (Fsp3) is 0.172. The molecule has 0 aliphatic heterocycles. The Balaban J connectivity index is 1.44. The van der Waals surface area contributed by atoms with E-state index in [1.54, 1.807) is 0 Å². The minimum atomic E-state index is 0.519. The van der Waals surface area contributed by atoms with Crippen molar-refractivity contribution in [1.29, 1.82) is 0 Å². The second-order valence-electron chi connectivity index (χ2n) is 7.75. The van der Waals surface area contributed by atoms with Crippen molar-refractivity contribution in [3.8, 4) is 28.0 Å². The van der Waals surface area contributed by atoms with Crippen molar-refractivity contribution in [3.63, 3.8) is 0 Å². The van der Waals surface area contributed by atoms with Gasteiger partial charge in [0.15, 0.2) is 0 Å². The lowest BCUT2D eigenvalue weighted by Crippen LogP contribution is -1.98. The summed E-state index contributed by atoms with van der Waals surface area (Å²) in [5, 5.41) is 0. The van der Waals surface area contributed by atoms with E-state index in [1.807, 2.05) is 19.1 Å². The molecular formula is C29H28O. The Morgan fingerprint density at radius 2 is 1.07 bits per heavy atom. The third-order valence-electron chi connectivity index (χ3n) is 5.58. The van der Waals surface area contributed by atoms with Crippen LogP contribution in [0.2, 0.25) is 0 Å². The average Bonchev–Trinajstić information content (AvgIpc) is 2.81. The van der Waals surface area contributed by atoms with Gasteiger partial charge in [0.1, 0.15) is 5.75 Å². The summed E-state index contributed by atoms with van der Waals surface area (Å²) in [5.74, 6) is 1.44. The van der Waals surface area contributed by atoms with Gasteiger partial charge in [0, 0.05) is 0 Å². The first-order chi connectivity index (χ1) is 14.7. The maximum atomic E-state index is 5.53.